The van der Waals surface area contributed by atoms with Crippen LogP contribution < -0.4 is 0 Å². The number of hydrogen-bond donors (Lipinski definition) is 0. The SMILES string of the molecule is CCN1CCSCCN1C. The molecule has 1 aliphatic rings. The minimum absolute atomic E-state index is 1.15. The van der Waals surface area contributed by atoms with Crippen molar-refractivity contribution in [2.75, 3.05) is 38.2 Å². The summed E-state index contributed by atoms with van der Waals surface area (Å²) in [6, 6.07) is 0. The van der Waals surface area contributed by atoms with Gasteiger partial charge in [-0.2, -0.15) is 11.8 Å². The van der Waals surface area contributed by atoms with E-state index in [0.29, 0.717) is 0 Å². The molecule has 10 heavy (non-hydrogen) atoms. The second-order valence-corrected chi connectivity index (χ2v) is 3.76. The van der Waals surface area contributed by atoms with Crippen LogP contribution >= 0.6 is 11.8 Å². The molecule has 0 N–H and O–H groups in total. The highest BCUT2D eigenvalue weighted by Crippen LogP contribution is 2.08. The number of hydrogen-bond acceptors (Lipinski definition) is 3. The lowest BCUT2D eigenvalue weighted by Gasteiger charge is -2.27. The molecule has 1 rings (SSSR count). The molecule has 0 unspecified atom stereocenters. The molecule has 1 aliphatic heterocycles. The number of nitrogens with zero attached hydrogens (tertiary/aromatic N) is 2. The van der Waals surface area contributed by atoms with Crippen LogP contribution in [0.25, 0.3) is 0 Å². The zero-order valence-electron chi connectivity index (χ0n) is 6.84. The Kier molecular flexibility index (Phi) is 3.52. The van der Waals surface area contributed by atoms with Crippen molar-refractivity contribution >= 4 is 11.8 Å². The van der Waals surface area contributed by atoms with Crippen LogP contribution in [0.5, 0.6) is 0 Å². The van der Waals surface area contributed by atoms with Gasteiger partial charge in [-0.05, 0) is 0 Å². The molecule has 0 spiro atoms. The summed E-state index contributed by atoms with van der Waals surface area (Å²) in [4.78, 5) is 0. The van der Waals surface area contributed by atoms with Crippen LogP contribution in [0, 0.1) is 0 Å². The van der Waals surface area contributed by atoms with Gasteiger partial charge in [-0.3, -0.25) is 0 Å². The van der Waals surface area contributed by atoms with E-state index in [2.05, 4.69) is 35.8 Å². The highest BCUT2D eigenvalue weighted by molar-refractivity contribution is 7.99. The van der Waals surface area contributed by atoms with E-state index in [1.165, 1.54) is 24.6 Å². The fourth-order valence-corrected chi connectivity index (χ4v) is 2.12. The fraction of sp³-hybridized carbons (Fsp3) is 1.00. The number of hydrazine groups is 1. The molecule has 1 heterocycles. The molecule has 0 aromatic rings. The van der Waals surface area contributed by atoms with E-state index in [9.17, 15) is 0 Å². The summed E-state index contributed by atoms with van der Waals surface area (Å²) in [6.07, 6.45) is 0. The summed E-state index contributed by atoms with van der Waals surface area (Å²) in [7, 11) is 2.18. The maximum Gasteiger partial charge on any atom is 0.0224 e. The molecular formula is C7H16N2S. The second kappa shape index (κ2) is 4.21. The van der Waals surface area contributed by atoms with Gasteiger partial charge >= 0.3 is 0 Å². The van der Waals surface area contributed by atoms with Gasteiger partial charge in [0.25, 0.3) is 0 Å². The van der Waals surface area contributed by atoms with Gasteiger partial charge in [-0.15, -0.1) is 0 Å². The summed E-state index contributed by atoms with van der Waals surface area (Å²) in [5.74, 6) is 2.57. The highest BCUT2D eigenvalue weighted by atomic mass is 32.2. The lowest BCUT2D eigenvalue weighted by atomic mass is 10.6. The van der Waals surface area contributed by atoms with E-state index in [-0.39, 0.29) is 0 Å². The van der Waals surface area contributed by atoms with Gasteiger partial charge in [0.1, 0.15) is 0 Å². The molecule has 1 fully saturated rings. The average molecular weight is 160 g/mol. The smallest absolute Gasteiger partial charge is 0.0224 e. The van der Waals surface area contributed by atoms with Gasteiger partial charge < -0.3 is 0 Å². The van der Waals surface area contributed by atoms with Crippen molar-refractivity contribution in [1.29, 1.82) is 0 Å². The Balaban J connectivity index is 2.35. The maximum atomic E-state index is 2.40. The van der Waals surface area contributed by atoms with Crippen LogP contribution in [-0.2, 0) is 0 Å². The Morgan fingerprint density at radius 2 is 2.00 bits per heavy atom. The van der Waals surface area contributed by atoms with E-state index in [0.717, 1.165) is 6.54 Å². The highest BCUT2D eigenvalue weighted by Gasteiger charge is 2.11. The van der Waals surface area contributed by atoms with Crippen LogP contribution in [0.3, 0.4) is 0 Å². The molecule has 1 saturated heterocycles. The Morgan fingerprint density at radius 3 is 2.70 bits per heavy atom. The summed E-state index contributed by atoms with van der Waals surface area (Å²) >= 11 is 2.06. The van der Waals surface area contributed by atoms with Crippen molar-refractivity contribution in [1.82, 2.24) is 10.0 Å². The molecule has 0 amide bonds. The molecule has 0 aromatic carbocycles. The van der Waals surface area contributed by atoms with E-state index in [1.54, 1.807) is 0 Å². The standard InChI is InChI=1S/C7H16N2S/c1-3-9-5-7-10-6-4-8(9)2/h3-7H2,1-2H3. The first-order valence-corrected chi connectivity index (χ1v) is 5.04. The van der Waals surface area contributed by atoms with Crippen molar-refractivity contribution in [3.8, 4) is 0 Å². The fourth-order valence-electron chi connectivity index (χ4n) is 1.18. The Bertz CT molecular complexity index is 97.6. The zero-order valence-corrected chi connectivity index (χ0v) is 7.65. The van der Waals surface area contributed by atoms with Crippen LogP contribution in [0.1, 0.15) is 6.92 Å². The Morgan fingerprint density at radius 1 is 1.30 bits per heavy atom. The third kappa shape index (κ3) is 2.15. The Hall–Kier alpha value is 0.270. The van der Waals surface area contributed by atoms with E-state index in [4.69, 9.17) is 0 Å². The van der Waals surface area contributed by atoms with Gasteiger partial charge in [0.2, 0.25) is 0 Å². The van der Waals surface area contributed by atoms with E-state index in [1.807, 2.05) is 0 Å². The molecule has 3 heteroatoms. The summed E-state index contributed by atoms with van der Waals surface area (Å²) in [5, 5.41) is 4.74. The summed E-state index contributed by atoms with van der Waals surface area (Å²) in [5.41, 5.74) is 0. The van der Waals surface area contributed by atoms with E-state index >= 15 is 0 Å². The van der Waals surface area contributed by atoms with Crippen molar-refractivity contribution in [2.24, 2.45) is 0 Å². The summed E-state index contributed by atoms with van der Waals surface area (Å²) in [6.45, 7) is 5.79. The molecule has 0 aliphatic carbocycles. The van der Waals surface area contributed by atoms with Gasteiger partial charge in [-0.25, -0.2) is 10.0 Å². The van der Waals surface area contributed by atoms with Crippen molar-refractivity contribution < 1.29 is 0 Å². The molecular weight excluding hydrogens is 144 g/mol. The van der Waals surface area contributed by atoms with Gasteiger partial charge in [-0.1, -0.05) is 6.92 Å². The lowest BCUT2D eigenvalue weighted by Crippen LogP contribution is -2.40. The second-order valence-electron chi connectivity index (χ2n) is 2.54. The quantitative estimate of drug-likeness (QED) is 0.563. The predicted octanol–water partition coefficient (Wildman–Crippen LogP) is 0.902. The van der Waals surface area contributed by atoms with Crippen LogP contribution in [0.2, 0.25) is 0 Å². The Labute approximate surface area is 67.5 Å². The minimum Gasteiger partial charge on any atom is -0.244 e. The molecule has 60 valence electrons. The minimum atomic E-state index is 1.15. The van der Waals surface area contributed by atoms with Crippen molar-refractivity contribution in [2.45, 2.75) is 6.92 Å². The topological polar surface area (TPSA) is 6.48 Å². The normalized spacial score (nSPS) is 24.6. The van der Waals surface area contributed by atoms with E-state index < -0.39 is 0 Å². The van der Waals surface area contributed by atoms with Crippen molar-refractivity contribution in [3.05, 3.63) is 0 Å². The molecule has 0 atom stereocenters. The summed E-state index contributed by atoms with van der Waals surface area (Å²) < 4.78 is 0. The van der Waals surface area contributed by atoms with Gasteiger partial charge in [0, 0.05) is 38.2 Å². The van der Waals surface area contributed by atoms with Crippen LogP contribution in [0.15, 0.2) is 0 Å². The van der Waals surface area contributed by atoms with Gasteiger partial charge in [0.05, 0.1) is 0 Å². The molecule has 2 nitrogen and oxygen atoms in total. The van der Waals surface area contributed by atoms with Crippen LogP contribution in [-0.4, -0.2) is 48.2 Å². The lowest BCUT2D eigenvalue weighted by molar-refractivity contribution is 0.0200. The predicted molar refractivity (Wildman–Crippen MR) is 47.2 cm³/mol. The van der Waals surface area contributed by atoms with Gasteiger partial charge in [0.15, 0.2) is 0 Å². The maximum absolute atomic E-state index is 2.40. The monoisotopic (exact) mass is 160 g/mol. The first-order chi connectivity index (χ1) is 4.84. The third-order valence-corrected chi connectivity index (χ3v) is 2.84. The number of thioether (sulfide) groups is 1. The largest absolute Gasteiger partial charge is 0.244 e. The molecule has 0 aromatic heterocycles. The van der Waals surface area contributed by atoms with Crippen LogP contribution in [0.4, 0.5) is 0 Å². The first kappa shape index (κ1) is 8.37. The molecule has 0 radical (unpaired) electrons. The third-order valence-electron chi connectivity index (χ3n) is 1.90. The number of rotatable bonds is 1. The zero-order chi connectivity index (χ0) is 7.40. The molecule has 0 bridgehead atoms. The first-order valence-electron chi connectivity index (χ1n) is 3.88. The average Bonchev–Trinajstić information content (AvgIpc) is 2.13. The van der Waals surface area contributed by atoms with Crippen molar-refractivity contribution in [3.63, 3.8) is 0 Å². The molecule has 0 saturated carbocycles.